The number of carboxylic acid groups (broad SMARTS) is 1. The first-order valence-corrected chi connectivity index (χ1v) is 7.90. The highest BCUT2D eigenvalue weighted by molar-refractivity contribution is 5.73. The largest absolute Gasteiger partial charge is 0.480 e. The monoisotopic (exact) mass is 283 g/mol. The minimum atomic E-state index is -0.657. The Balaban J connectivity index is 1.73. The van der Waals surface area contributed by atoms with Gasteiger partial charge in [-0.3, -0.25) is 9.69 Å². The molecule has 3 heterocycles. The number of ether oxygens (including phenoxy) is 2. The third kappa shape index (κ3) is 2.85. The molecule has 0 radical (unpaired) electrons. The molecule has 3 aliphatic heterocycles. The van der Waals surface area contributed by atoms with Crippen LogP contribution in [0.25, 0.3) is 0 Å². The van der Waals surface area contributed by atoms with Crippen LogP contribution in [0.5, 0.6) is 0 Å². The molecule has 3 fully saturated rings. The summed E-state index contributed by atoms with van der Waals surface area (Å²) in [4.78, 5) is 13.8. The van der Waals surface area contributed by atoms with Crippen molar-refractivity contribution in [2.45, 2.75) is 62.6 Å². The first-order valence-electron chi connectivity index (χ1n) is 7.90. The number of rotatable bonds is 2. The average molecular weight is 283 g/mol. The van der Waals surface area contributed by atoms with Crippen LogP contribution >= 0.6 is 0 Å². The van der Waals surface area contributed by atoms with Gasteiger partial charge in [-0.15, -0.1) is 0 Å². The SMILES string of the molecule is O=C(O)C1CCCCCN1C1CCOC2(CCOC2)C1. The summed E-state index contributed by atoms with van der Waals surface area (Å²) < 4.78 is 11.5. The molecule has 0 aromatic carbocycles. The minimum Gasteiger partial charge on any atom is -0.480 e. The van der Waals surface area contributed by atoms with E-state index in [-0.39, 0.29) is 11.6 Å². The van der Waals surface area contributed by atoms with Crippen molar-refractivity contribution in [1.29, 1.82) is 0 Å². The zero-order chi connectivity index (χ0) is 14.0. The molecule has 20 heavy (non-hydrogen) atoms. The van der Waals surface area contributed by atoms with Gasteiger partial charge < -0.3 is 14.6 Å². The maximum absolute atomic E-state index is 11.6. The Morgan fingerprint density at radius 3 is 2.85 bits per heavy atom. The van der Waals surface area contributed by atoms with Crippen molar-refractivity contribution in [3.05, 3.63) is 0 Å². The highest BCUT2D eigenvalue weighted by Crippen LogP contribution is 2.36. The van der Waals surface area contributed by atoms with Crippen molar-refractivity contribution >= 4 is 5.97 Å². The number of likely N-dealkylation sites (tertiary alicyclic amines) is 1. The predicted molar refractivity (Wildman–Crippen MR) is 73.7 cm³/mol. The van der Waals surface area contributed by atoms with Crippen LogP contribution in [0.3, 0.4) is 0 Å². The Kier molecular flexibility index (Phi) is 4.29. The third-order valence-electron chi connectivity index (χ3n) is 5.08. The fourth-order valence-electron chi connectivity index (χ4n) is 3.98. The van der Waals surface area contributed by atoms with Crippen molar-refractivity contribution in [2.24, 2.45) is 0 Å². The average Bonchev–Trinajstić information content (AvgIpc) is 2.75. The van der Waals surface area contributed by atoms with Crippen LogP contribution < -0.4 is 0 Å². The Morgan fingerprint density at radius 1 is 1.20 bits per heavy atom. The summed E-state index contributed by atoms with van der Waals surface area (Å²) >= 11 is 0. The van der Waals surface area contributed by atoms with E-state index < -0.39 is 5.97 Å². The van der Waals surface area contributed by atoms with E-state index in [1.165, 1.54) is 0 Å². The van der Waals surface area contributed by atoms with E-state index >= 15 is 0 Å². The highest BCUT2D eigenvalue weighted by Gasteiger charge is 2.44. The summed E-state index contributed by atoms with van der Waals surface area (Å²) in [6.07, 6.45) is 6.92. The maximum atomic E-state index is 11.6. The molecule has 3 atom stereocenters. The van der Waals surface area contributed by atoms with E-state index in [4.69, 9.17) is 9.47 Å². The van der Waals surface area contributed by atoms with Crippen molar-refractivity contribution in [3.8, 4) is 0 Å². The number of hydrogen-bond acceptors (Lipinski definition) is 4. The van der Waals surface area contributed by atoms with E-state index in [0.29, 0.717) is 12.6 Å². The summed E-state index contributed by atoms with van der Waals surface area (Å²) in [5.74, 6) is -0.657. The van der Waals surface area contributed by atoms with Crippen LogP contribution in [0.4, 0.5) is 0 Å². The lowest BCUT2D eigenvalue weighted by Crippen LogP contribution is -2.54. The number of carboxylic acids is 1. The summed E-state index contributed by atoms with van der Waals surface area (Å²) in [7, 11) is 0. The van der Waals surface area contributed by atoms with Gasteiger partial charge in [-0.2, -0.15) is 0 Å². The van der Waals surface area contributed by atoms with E-state index in [1.807, 2.05) is 0 Å². The quantitative estimate of drug-likeness (QED) is 0.835. The molecule has 1 spiro atoms. The van der Waals surface area contributed by atoms with Gasteiger partial charge in [-0.05, 0) is 32.2 Å². The fraction of sp³-hybridized carbons (Fsp3) is 0.933. The van der Waals surface area contributed by atoms with Gasteiger partial charge in [-0.1, -0.05) is 12.8 Å². The number of nitrogens with zero attached hydrogens (tertiary/aromatic N) is 1. The molecular formula is C15H25NO4. The molecule has 0 aliphatic carbocycles. The van der Waals surface area contributed by atoms with Crippen molar-refractivity contribution < 1.29 is 19.4 Å². The van der Waals surface area contributed by atoms with E-state index in [0.717, 1.165) is 64.7 Å². The molecule has 114 valence electrons. The van der Waals surface area contributed by atoms with Gasteiger partial charge in [0.1, 0.15) is 6.04 Å². The minimum absolute atomic E-state index is 0.141. The Morgan fingerprint density at radius 2 is 2.10 bits per heavy atom. The zero-order valence-corrected chi connectivity index (χ0v) is 12.1. The van der Waals surface area contributed by atoms with E-state index in [1.54, 1.807) is 0 Å². The van der Waals surface area contributed by atoms with E-state index in [2.05, 4.69) is 4.90 Å². The molecule has 1 N–H and O–H groups in total. The molecule has 3 saturated heterocycles. The van der Waals surface area contributed by atoms with Gasteiger partial charge >= 0.3 is 5.97 Å². The molecule has 0 aromatic rings. The molecule has 5 heteroatoms. The molecule has 0 aromatic heterocycles. The standard InChI is InChI=1S/C15H25NO4/c17-14(18)13-4-2-1-3-7-16(13)12-5-8-20-15(10-12)6-9-19-11-15/h12-13H,1-11H2,(H,17,18). The highest BCUT2D eigenvalue weighted by atomic mass is 16.6. The summed E-state index contributed by atoms with van der Waals surface area (Å²) in [5, 5.41) is 9.52. The van der Waals surface area contributed by atoms with Gasteiger partial charge in [0.05, 0.1) is 12.2 Å². The van der Waals surface area contributed by atoms with Gasteiger partial charge in [-0.25, -0.2) is 0 Å². The first kappa shape index (κ1) is 14.3. The molecule has 3 rings (SSSR count). The molecule has 0 bridgehead atoms. The van der Waals surface area contributed by atoms with Gasteiger partial charge in [0.15, 0.2) is 0 Å². The molecule has 0 saturated carbocycles. The fourth-order valence-corrected chi connectivity index (χ4v) is 3.98. The molecule has 0 amide bonds. The zero-order valence-electron chi connectivity index (χ0n) is 12.1. The van der Waals surface area contributed by atoms with Crippen molar-refractivity contribution in [3.63, 3.8) is 0 Å². The Hall–Kier alpha value is -0.650. The van der Waals surface area contributed by atoms with Gasteiger partial charge in [0.25, 0.3) is 0 Å². The van der Waals surface area contributed by atoms with Gasteiger partial charge in [0, 0.05) is 25.7 Å². The lowest BCUT2D eigenvalue weighted by Gasteiger charge is -2.43. The van der Waals surface area contributed by atoms with Crippen LogP contribution in [0, 0.1) is 0 Å². The second-order valence-corrected chi connectivity index (χ2v) is 6.42. The Bertz CT molecular complexity index is 354. The van der Waals surface area contributed by atoms with Gasteiger partial charge in [0.2, 0.25) is 0 Å². The van der Waals surface area contributed by atoms with Crippen LogP contribution in [-0.4, -0.2) is 60.0 Å². The Labute approximate surface area is 120 Å². The maximum Gasteiger partial charge on any atom is 0.320 e. The molecule has 3 unspecified atom stereocenters. The van der Waals surface area contributed by atoms with Crippen molar-refractivity contribution in [2.75, 3.05) is 26.4 Å². The first-order chi connectivity index (χ1) is 9.70. The van der Waals surface area contributed by atoms with Crippen LogP contribution in [0.15, 0.2) is 0 Å². The summed E-state index contributed by atoms with van der Waals surface area (Å²) in [5.41, 5.74) is -0.141. The second-order valence-electron chi connectivity index (χ2n) is 6.42. The van der Waals surface area contributed by atoms with Crippen molar-refractivity contribution in [1.82, 2.24) is 4.90 Å². The van der Waals surface area contributed by atoms with Crippen LogP contribution in [-0.2, 0) is 14.3 Å². The van der Waals surface area contributed by atoms with Crippen LogP contribution in [0.2, 0.25) is 0 Å². The smallest absolute Gasteiger partial charge is 0.320 e. The number of aliphatic carboxylic acids is 1. The van der Waals surface area contributed by atoms with Crippen LogP contribution in [0.1, 0.15) is 44.9 Å². The normalized spacial score (nSPS) is 39.8. The lowest BCUT2D eigenvalue weighted by molar-refractivity contribution is -0.149. The third-order valence-corrected chi connectivity index (χ3v) is 5.08. The molecular weight excluding hydrogens is 258 g/mol. The predicted octanol–water partition coefficient (Wildman–Crippen LogP) is 1.65. The topological polar surface area (TPSA) is 59.0 Å². The van der Waals surface area contributed by atoms with E-state index in [9.17, 15) is 9.90 Å². The summed E-state index contributed by atoms with van der Waals surface area (Å²) in [6, 6.07) is 0.0321. The number of carbonyl (C=O) groups is 1. The molecule has 5 nitrogen and oxygen atoms in total. The molecule has 3 aliphatic rings. The lowest BCUT2D eigenvalue weighted by atomic mass is 9.88. The number of hydrogen-bond donors (Lipinski definition) is 1. The second kappa shape index (κ2) is 6.00. The summed E-state index contributed by atoms with van der Waals surface area (Å²) in [6.45, 7) is 3.10.